The molecule has 0 unspecified atom stereocenters. The maximum absolute atomic E-state index is 11.7. The van der Waals surface area contributed by atoms with Crippen LogP contribution >= 0.6 is 0 Å². The zero-order valence-electron chi connectivity index (χ0n) is 10.9. The lowest BCUT2D eigenvalue weighted by molar-refractivity contribution is -0.137. The minimum absolute atomic E-state index is 0.0559. The number of hydrogen-bond donors (Lipinski definition) is 3. The van der Waals surface area contributed by atoms with Crippen LogP contribution in [0.4, 0.5) is 5.69 Å². The molecule has 21 heavy (non-hydrogen) atoms. The normalized spacial score (nSPS) is 10.1. The molecular formula is C13H13N3O5. The van der Waals surface area contributed by atoms with Crippen molar-refractivity contribution in [3.63, 3.8) is 0 Å². The molecule has 8 nitrogen and oxygen atoms in total. The Balaban J connectivity index is 1.86. The van der Waals surface area contributed by atoms with Crippen molar-refractivity contribution in [2.24, 2.45) is 0 Å². The van der Waals surface area contributed by atoms with E-state index in [4.69, 9.17) is 9.84 Å². The summed E-state index contributed by atoms with van der Waals surface area (Å²) < 4.78 is 6.34. The summed E-state index contributed by atoms with van der Waals surface area (Å²) in [6.45, 7) is -0.577. The van der Waals surface area contributed by atoms with Crippen LogP contribution in [0, 0.1) is 0 Å². The lowest BCUT2D eigenvalue weighted by atomic mass is 10.3. The highest BCUT2D eigenvalue weighted by Crippen LogP contribution is 2.24. The number of phenols is 1. The molecule has 1 aromatic heterocycles. The van der Waals surface area contributed by atoms with E-state index in [9.17, 15) is 14.7 Å². The maximum atomic E-state index is 11.7. The topological polar surface area (TPSA) is 114 Å². The third kappa shape index (κ3) is 4.23. The fourth-order valence-electron chi connectivity index (χ4n) is 1.57. The van der Waals surface area contributed by atoms with E-state index >= 15 is 0 Å². The van der Waals surface area contributed by atoms with Crippen molar-refractivity contribution in [3.8, 4) is 11.5 Å². The Morgan fingerprint density at radius 1 is 1.33 bits per heavy atom. The molecule has 1 heterocycles. The summed E-state index contributed by atoms with van der Waals surface area (Å²) >= 11 is 0. The van der Waals surface area contributed by atoms with Crippen LogP contribution in [-0.4, -0.2) is 38.5 Å². The van der Waals surface area contributed by atoms with Gasteiger partial charge in [0.15, 0.2) is 18.1 Å². The summed E-state index contributed by atoms with van der Waals surface area (Å²) in [5.41, 5.74) is 0.363. The van der Waals surface area contributed by atoms with E-state index in [1.54, 1.807) is 12.1 Å². The number of carboxylic acid groups (broad SMARTS) is 1. The number of carbonyl (C=O) groups excluding carboxylic acids is 1. The quantitative estimate of drug-likeness (QED) is 0.721. The molecule has 0 saturated carbocycles. The zero-order chi connectivity index (χ0) is 15.2. The Kier molecular flexibility index (Phi) is 4.39. The molecule has 0 aliphatic carbocycles. The number of phenolic OH excluding ortho intramolecular Hbond substituents is 1. The molecule has 0 aliphatic rings. The fourth-order valence-corrected chi connectivity index (χ4v) is 1.57. The molecule has 8 heteroatoms. The van der Waals surface area contributed by atoms with Crippen molar-refractivity contribution < 1.29 is 24.5 Å². The van der Waals surface area contributed by atoms with E-state index in [-0.39, 0.29) is 24.7 Å². The summed E-state index contributed by atoms with van der Waals surface area (Å²) in [5, 5.41) is 24.4. The van der Waals surface area contributed by atoms with Gasteiger partial charge in [-0.05, 0) is 12.1 Å². The van der Waals surface area contributed by atoms with Crippen LogP contribution in [0.2, 0.25) is 0 Å². The second kappa shape index (κ2) is 6.42. The zero-order valence-corrected chi connectivity index (χ0v) is 10.9. The number of carbonyl (C=O) groups is 2. The van der Waals surface area contributed by atoms with Crippen LogP contribution in [0.1, 0.15) is 0 Å². The van der Waals surface area contributed by atoms with Gasteiger partial charge in [-0.15, -0.1) is 0 Å². The van der Waals surface area contributed by atoms with Gasteiger partial charge in [0.25, 0.3) is 5.91 Å². The lowest BCUT2D eigenvalue weighted by Gasteiger charge is -2.07. The second-order valence-corrected chi connectivity index (χ2v) is 4.12. The van der Waals surface area contributed by atoms with E-state index in [2.05, 4.69) is 10.4 Å². The molecule has 1 amide bonds. The van der Waals surface area contributed by atoms with Crippen molar-refractivity contribution in [1.82, 2.24) is 9.78 Å². The van der Waals surface area contributed by atoms with Gasteiger partial charge in [-0.2, -0.15) is 5.10 Å². The molecule has 0 fully saturated rings. The lowest BCUT2D eigenvalue weighted by Crippen LogP contribution is -2.20. The number of benzene rings is 1. The average molecular weight is 291 g/mol. The van der Waals surface area contributed by atoms with Crippen molar-refractivity contribution in [2.75, 3.05) is 11.9 Å². The number of para-hydroxylation sites is 2. The Hall–Kier alpha value is -3.03. The number of rotatable bonds is 6. The molecule has 2 rings (SSSR count). The number of aromatic nitrogens is 2. The number of ether oxygens (including phenoxy) is 1. The van der Waals surface area contributed by atoms with Gasteiger partial charge >= 0.3 is 5.97 Å². The SMILES string of the molecule is O=C(O)Cn1cc(NC(=O)COc2ccccc2O)cn1. The van der Waals surface area contributed by atoms with E-state index in [1.165, 1.54) is 29.2 Å². The van der Waals surface area contributed by atoms with Crippen molar-refractivity contribution in [1.29, 1.82) is 0 Å². The van der Waals surface area contributed by atoms with Gasteiger partial charge in [-0.3, -0.25) is 14.3 Å². The summed E-state index contributed by atoms with van der Waals surface area (Å²) in [7, 11) is 0. The number of carboxylic acids is 1. The minimum Gasteiger partial charge on any atom is -0.504 e. The first-order valence-corrected chi connectivity index (χ1v) is 5.99. The van der Waals surface area contributed by atoms with Crippen LogP contribution in [0.3, 0.4) is 0 Å². The molecule has 3 N–H and O–H groups in total. The molecular weight excluding hydrogens is 278 g/mol. The largest absolute Gasteiger partial charge is 0.504 e. The molecule has 0 saturated heterocycles. The fraction of sp³-hybridized carbons (Fsp3) is 0.154. The van der Waals surface area contributed by atoms with E-state index in [0.717, 1.165) is 0 Å². The highest BCUT2D eigenvalue weighted by Gasteiger charge is 2.08. The van der Waals surface area contributed by atoms with Gasteiger partial charge in [0, 0.05) is 6.20 Å². The Bertz CT molecular complexity index is 653. The van der Waals surface area contributed by atoms with Crippen molar-refractivity contribution in [2.45, 2.75) is 6.54 Å². The molecule has 1 aromatic carbocycles. The summed E-state index contributed by atoms with van der Waals surface area (Å²) in [4.78, 5) is 22.2. The highest BCUT2D eigenvalue weighted by molar-refractivity contribution is 5.91. The van der Waals surface area contributed by atoms with Crippen LogP contribution < -0.4 is 10.1 Å². The van der Waals surface area contributed by atoms with Gasteiger partial charge < -0.3 is 20.3 Å². The third-order valence-electron chi connectivity index (χ3n) is 2.44. The smallest absolute Gasteiger partial charge is 0.325 e. The molecule has 2 aromatic rings. The second-order valence-electron chi connectivity index (χ2n) is 4.12. The van der Waals surface area contributed by atoms with Crippen LogP contribution in [0.5, 0.6) is 11.5 Å². The average Bonchev–Trinajstić information content (AvgIpc) is 2.84. The molecule has 0 aliphatic heterocycles. The number of nitrogens with one attached hydrogen (secondary N) is 1. The monoisotopic (exact) mass is 291 g/mol. The van der Waals surface area contributed by atoms with Gasteiger partial charge in [-0.25, -0.2) is 0 Å². The van der Waals surface area contributed by atoms with Crippen LogP contribution in [0.15, 0.2) is 36.7 Å². The van der Waals surface area contributed by atoms with Crippen LogP contribution in [-0.2, 0) is 16.1 Å². The molecule has 0 spiro atoms. The number of nitrogens with zero attached hydrogens (tertiary/aromatic N) is 2. The van der Waals surface area contributed by atoms with E-state index in [0.29, 0.717) is 5.69 Å². The van der Waals surface area contributed by atoms with E-state index in [1.807, 2.05) is 0 Å². The third-order valence-corrected chi connectivity index (χ3v) is 2.44. The minimum atomic E-state index is -1.03. The van der Waals surface area contributed by atoms with Gasteiger partial charge in [0.1, 0.15) is 6.54 Å². The Morgan fingerprint density at radius 3 is 2.81 bits per heavy atom. The Morgan fingerprint density at radius 2 is 2.10 bits per heavy atom. The molecule has 0 radical (unpaired) electrons. The van der Waals surface area contributed by atoms with Gasteiger partial charge in [0.05, 0.1) is 11.9 Å². The Labute approximate surface area is 119 Å². The number of aliphatic carboxylic acids is 1. The summed E-state index contributed by atoms with van der Waals surface area (Å²) in [6.07, 6.45) is 2.73. The molecule has 0 atom stereocenters. The molecule has 110 valence electrons. The maximum Gasteiger partial charge on any atom is 0.325 e. The van der Waals surface area contributed by atoms with Gasteiger partial charge in [0.2, 0.25) is 0 Å². The first-order chi connectivity index (χ1) is 10.0. The number of amides is 1. The highest BCUT2D eigenvalue weighted by atomic mass is 16.5. The number of anilines is 1. The number of hydrogen-bond acceptors (Lipinski definition) is 5. The summed E-state index contributed by atoms with van der Waals surface area (Å²) in [6, 6.07) is 6.29. The first kappa shape index (κ1) is 14.4. The van der Waals surface area contributed by atoms with E-state index < -0.39 is 11.9 Å². The van der Waals surface area contributed by atoms with Crippen LogP contribution in [0.25, 0.3) is 0 Å². The predicted molar refractivity (Wildman–Crippen MR) is 72.1 cm³/mol. The standard InChI is InChI=1S/C13H13N3O5/c17-10-3-1-2-4-11(10)21-8-12(18)15-9-5-14-16(6-9)7-13(19)20/h1-6,17H,7-8H2,(H,15,18)(H,19,20). The van der Waals surface area contributed by atoms with Crippen molar-refractivity contribution in [3.05, 3.63) is 36.7 Å². The predicted octanol–water partition coefficient (Wildman–Crippen LogP) is 0.691. The number of aromatic hydroxyl groups is 1. The van der Waals surface area contributed by atoms with Gasteiger partial charge in [-0.1, -0.05) is 12.1 Å². The summed E-state index contributed by atoms with van der Waals surface area (Å²) in [5.74, 6) is -1.33. The van der Waals surface area contributed by atoms with Crippen molar-refractivity contribution >= 4 is 17.6 Å². The molecule has 0 bridgehead atoms. The first-order valence-electron chi connectivity index (χ1n) is 5.99.